The first-order chi connectivity index (χ1) is 13.1. The van der Waals surface area contributed by atoms with Crippen molar-refractivity contribution < 1.29 is 5.11 Å². The third kappa shape index (κ3) is 7.25. The highest BCUT2D eigenvalue weighted by atomic mass is 16.3. The molecule has 0 saturated heterocycles. The first-order valence-corrected chi connectivity index (χ1v) is 9.89. The summed E-state index contributed by atoms with van der Waals surface area (Å²) in [6, 6.07) is 14.0. The number of hydrogen-bond donors (Lipinski definition) is 3. The first-order valence-electron chi connectivity index (χ1n) is 9.89. The van der Waals surface area contributed by atoms with E-state index in [1.54, 1.807) is 6.20 Å². The van der Waals surface area contributed by atoms with Crippen LogP contribution in [0.25, 0.3) is 11.3 Å². The molecule has 1 aromatic heterocycles. The zero-order chi connectivity index (χ0) is 19.5. The molecule has 4 heteroatoms. The van der Waals surface area contributed by atoms with Crippen LogP contribution in [0, 0.1) is 5.92 Å². The van der Waals surface area contributed by atoms with Crippen molar-refractivity contribution >= 4 is 0 Å². The third-order valence-electron chi connectivity index (χ3n) is 4.89. The lowest BCUT2D eigenvalue weighted by Gasteiger charge is -2.24. The molecule has 0 fully saturated rings. The minimum atomic E-state index is -0.540. The van der Waals surface area contributed by atoms with Gasteiger partial charge in [0.2, 0.25) is 0 Å². The summed E-state index contributed by atoms with van der Waals surface area (Å²) in [5.41, 5.74) is 9.46. The number of nitrogens with one attached hydrogen (secondary N) is 1. The standard InChI is InChI=1S/C23H33N3O/c1-3-7-18(8-4-2)15-21(24)23(27)17-25-16-19-10-12-20(13-11-19)22-9-5-6-14-26-22/h3,5-6,9-14,18,21,23,25,27H,1,4,7-8,15-17,24H2,2H3/t18-,21?,23?/m1/s1. The van der Waals surface area contributed by atoms with Gasteiger partial charge in [-0.15, -0.1) is 6.58 Å². The van der Waals surface area contributed by atoms with Crippen molar-refractivity contribution in [1.29, 1.82) is 0 Å². The van der Waals surface area contributed by atoms with Crippen molar-refractivity contribution in [2.45, 2.75) is 51.3 Å². The molecule has 0 spiro atoms. The monoisotopic (exact) mass is 367 g/mol. The maximum absolute atomic E-state index is 10.4. The van der Waals surface area contributed by atoms with Crippen molar-refractivity contribution in [3.8, 4) is 11.3 Å². The Morgan fingerprint density at radius 2 is 2.00 bits per heavy atom. The van der Waals surface area contributed by atoms with Crippen LogP contribution in [-0.2, 0) is 6.54 Å². The van der Waals surface area contributed by atoms with E-state index < -0.39 is 6.10 Å². The number of nitrogens with zero attached hydrogens (tertiary/aromatic N) is 1. The van der Waals surface area contributed by atoms with Crippen LogP contribution in [0.1, 0.15) is 38.2 Å². The molecular weight excluding hydrogens is 334 g/mol. The van der Waals surface area contributed by atoms with E-state index >= 15 is 0 Å². The number of aliphatic hydroxyl groups is 1. The fraction of sp³-hybridized carbons (Fsp3) is 0.435. The molecule has 0 bridgehead atoms. The summed E-state index contributed by atoms with van der Waals surface area (Å²) in [5.74, 6) is 0.510. The molecule has 3 atom stereocenters. The minimum Gasteiger partial charge on any atom is -0.390 e. The van der Waals surface area contributed by atoms with E-state index in [2.05, 4.69) is 48.1 Å². The zero-order valence-corrected chi connectivity index (χ0v) is 16.3. The first kappa shape index (κ1) is 21.3. The van der Waals surface area contributed by atoms with Gasteiger partial charge in [-0.3, -0.25) is 4.98 Å². The van der Waals surface area contributed by atoms with E-state index in [1.807, 2.05) is 24.3 Å². The van der Waals surface area contributed by atoms with Crippen molar-refractivity contribution in [3.05, 3.63) is 66.9 Å². The Hall–Kier alpha value is -2.01. The second kappa shape index (κ2) is 11.7. The molecule has 4 N–H and O–H groups in total. The van der Waals surface area contributed by atoms with Crippen LogP contribution in [0.15, 0.2) is 61.3 Å². The largest absolute Gasteiger partial charge is 0.390 e. The summed E-state index contributed by atoms with van der Waals surface area (Å²) in [4.78, 5) is 4.36. The topological polar surface area (TPSA) is 71.2 Å². The Bertz CT molecular complexity index is 657. The highest BCUT2D eigenvalue weighted by molar-refractivity contribution is 5.58. The van der Waals surface area contributed by atoms with Gasteiger partial charge in [0.05, 0.1) is 11.8 Å². The molecule has 0 aliphatic rings. The molecule has 0 aliphatic heterocycles. The molecule has 2 unspecified atom stereocenters. The lowest BCUT2D eigenvalue weighted by Crippen LogP contribution is -2.42. The van der Waals surface area contributed by atoms with Crippen LogP contribution < -0.4 is 11.1 Å². The summed E-state index contributed by atoms with van der Waals surface area (Å²) >= 11 is 0. The van der Waals surface area contributed by atoms with Gasteiger partial charge in [0.25, 0.3) is 0 Å². The van der Waals surface area contributed by atoms with Crippen molar-refractivity contribution in [2.75, 3.05) is 6.54 Å². The highest BCUT2D eigenvalue weighted by Gasteiger charge is 2.18. The molecule has 1 heterocycles. The predicted molar refractivity (Wildman–Crippen MR) is 113 cm³/mol. The SMILES string of the molecule is C=CC[C@H](CCC)CC(N)C(O)CNCc1ccc(-c2ccccn2)cc1. The van der Waals surface area contributed by atoms with Crippen LogP contribution in [-0.4, -0.2) is 28.8 Å². The summed E-state index contributed by atoms with van der Waals surface area (Å²) in [6.45, 7) is 7.21. The van der Waals surface area contributed by atoms with Crippen LogP contribution in [0.5, 0.6) is 0 Å². The Balaban J connectivity index is 1.77. The number of allylic oxidation sites excluding steroid dienone is 1. The molecule has 146 valence electrons. The second-order valence-corrected chi connectivity index (χ2v) is 7.19. The van der Waals surface area contributed by atoms with E-state index in [1.165, 1.54) is 5.56 Å². The van der Waals surface area contributed by atoms with Crippen LogP contribution in [0.3, 0.4) is 0 Å². The lowest BCUT2D eigenvalue weighted by molar-refractivity contribution is 0.128. The second-order valence-electron chi connectivity index (χ2n) is 7.19. The van der Waals surface area contributed by atoms with Gasteiger partial charge in [-0.25, -0.2) is 0 Å². The fourth-order valence-electron chi connectivity index (χ4n) is 3.36. The Kier molecular flexibility index (Phi) is 9.19. The van der Waals surface area contributed by atoms with E-state index in [9.17, 15) is 5.11 Å². The molecule has 0 amide bonds. The van der Waals surface area contributed by atoms with Gasteiger partial charge in [0.15, 0.2) is 0 Å². The van der Waals surface area contributed by atoms with E-state index in [0.29, 0.717) is 19.0 Å². The Morgan fingerprint density at radius 3 is 2.63 bits per heavy atom. The average molecular weight is 368 g/mol. The lowest BCUT2D eigenvalue weighted by atomic mass is 9.90. The number of aliphatic hydroxyl groups excluding tert-OH is 1. The Labute approximate surface area is 163 Å². The number of benzene rings is 1. The summed E-state index contributed by atoms with van der Waals surface area (Å²) < 4.78 is 0. The molecule has 0 aliphatic carbocycles. The van der Waals surface area contributed by atoms with Crippen molar-refractivity contribution in [3.63, 3.8) is 0 Å². The van der Waals surface area contributed by atoms with Gasteiger partial charge in [0, 0.05) is 30.9 Å². The maximum atomic E-state index is 10.4. The molecule has 4 nitrogen and oxygen atoms in total. The normalized spacial score (nSPS) is 14.5. The van der Waals surface area contributed by atoms with Crippen molar-refractivity contribution in [1.82, 2.24) is 10.3 Å². The van der Waals surface area contributed by atoms with Crippen LogP contribution in [0.4, 0.5) is 0 Å². The molecule has 2 aromatic rings. The number of pyridine rings is 1. The molecule has 0 saturated carbocycles. The van der Waals surface area contributed by atoms with E-state index in [0.717, 1.165) is 36.9 Å². The molecule has 2 rings (SSSR count). The van der Waals surface area contributed by atoms with Gasteiger partial charge in [-0.1, -0.05) is 56.2 Å². The number of nitrogens with two attached hydrogens (primary N) is 1. The molecule has 27 heavy (non-hydrogen) atoms. The van der Waals surface area contributed by atoms with Gasteiger partial charge in [-0.05, 0) is 36.5 Å². The molecule has 0 radical (unpaired) electrons. The summed E-state index contributed by atoms with van der Waals surface area (Å²) in [5, 5.41) is 13.7. The van der Waals surface area contributed by atoms with Gasteiger partial charge < -0.3 is 16.2 Å². The summed E-state index contributed by atoms with van der Waals surface area (Å²) in [7, 11) is 0. The smallest absolute Gasteiger partial charge is 0.0815 e. The zero-order valence-electron chi connectivity index (χ0n) is 16.3. The maximum Gasteiger partial charge on any atom is 0.0815 e. The van der Waals surface area contributed by atoms with Gasteiger partial charge in [0.1, 0.15) is 0 Å². The van der Waals surface area contributed by atoms with Crippen LogP contribution in [0.2, 0.25) is 0 Å². The third-order valence-corrected chi connectivity index (χ3v) is 4.89. The summed E-state index contributed by atoms with van der Waals surface area (Å²) in [6.07, 6.45) is 7.27. The van der Waals surface area contributed by atoms with E-state index in [4.69, 9.17) is 5.73 Å². The fourth-order valence-corrected chi connectivity index (χ4v) is 3.36. The molecular formula is C23H33N3O. The quantitative estimate of drug-likeness (QED) is 0.498. The predicted octanol–water partition coefficient (Wildman–Crippen LogP) is 3.91. The number of hydrogen-bond acceptors (Lipinski definition) is 4. The van der Waals surface area contributed by atoms with E-state index in [-0.39, 0.29) is 6.04 Å². The Morgan fingerprint density at radius 1 is 1.22 bits per heavy atom. The van der Waals surface area contributed by atoms with Crippen molar-refractivity contribution in [2.24, 2.45) is 11.7 Å². The highest BCUT2D eigenvalue weighted by Crippen LogP contribution is 2.19. The van der Waals surface area contributed by atoms with Gasteiger partial charge in [-0.2, -0.15) is 0 Å². The number of aromatic nitrogens is 1. The number of rotatable bonds is 12. The van der Waals surface area contributed by atoms with Gasteiger partial charge >= 0.3 is 0 Å². The minimum absolute atomic E-state index is 0.208. The molecule has 1 aromatic carbocycles. The average Bonchev–Trinajstić information content (AvgIpc) is 2.69. The van der Waals surface area contributed by atoms with Crippen LogP contribution >= 0.6 is 0 Å².